The van der Waals surface area contributed by atoms with E-state index in [0.29, 0.717) is 5.65 Å². The number of nitrogens with one attached hydrogen (secondary N) is 2. The molecule has 4 rings (SSSR count). The van der Waals surface area contributed by atoms with Gasteiger partial charge in [-0.25, -0.2) is 9.37 Å². The summed E-state index contributed by atoms with van der Waals surface area (Å²) in [6.07, 6.45) is 6.80. The third-order valence-electron chi connectivity index (χ3n) is 5.59. The van der Waals surface area contributed by atoms with Crippen LogP contribution in [0.5, 0.6) is 0 Å². The number of amides is 2. The van der Waals surface area contributed by atoms with Gasteiger partial charge in [0.1, 0.15) is 17.2 Å². The second kappa shape index (κ2) is 8.62. The molecule has 1 aliphatic carbocycles. The van der Waals surface area contributed by atoms with Crippen molar-refractivity contribution in [3.8, 4) is 0 Å². The van der Waals surface area contributed by atoms with Crippen LogP contribution in [0.2, 0.25) is 0 Å². The average molecular weight is 410 g/mol. The Morgan fingerprint density at radius 3 is 2.83 bits per heavy atom. The zero-order valence-corrected chi connectivity index (χ0v) is 16.3. The van der Waals surface area contributed by atoms with Crippen molar-refractivity contribution >= 4 is 23.1 Å². The van der Waals surface area contributed by atoms with Crippen molar-refractivity contribution in [1.29, 1.82) is 0 Å². The number of hydrogen-bond donors (Lipinski definition) is 3. The number of aliphatic hydroxyl groups excluding tert-OH is 1. The van der Waals surface area contributed by atoms with Gasteiger partial charge in [-0.15, -0.1) is 0 Å². The summed E-state index contributed by atoms with van der Waals surface area (Å²) in [7, 11) is 0. The van der Waals surface area contributed by atoms with Gasteiger partial charge in [-0.3, -0.25) is 14.0 Å². The molecule has 0 unspecified atom stereocenters. The molecule has 0 radical (unpaired) electrons. The highest BCUT2D eigenvalue weighted by Crippen LogP contribution is 2.25. The fourth-order valence-corrected chi connectivity index (χ4v) is 3.92. The number of pyridine rings is 1. The van der Waals surface area contributed by atoms with Crippen molar-refractivity contribution in [2.24, 2.45) is 5.92 Å². The highest BCUT2D eigenvalue weighted by Gasteiger charge is 2.26. The molecular formula is C22H23FN4O3. The van der Waals surface area contributed by atoms with Crippen LogP contribution >= 0.6 is 0 Å². The highest BCUT2D eigenvalue weighted by molar-refractivity contribution is 6.04. The van der Waals surface area contributed by atoms with E-state index in [0.717, 1.165) is 31.7 Å². The van der Waals surface area contributed by atoms with E-state index in [1.165, 1.54) is 18.3 Å². The number of aliphatic hydroxyl groups is 1. The van der Waals surface area contributed by atoms with Crippen molar-refractivity contribution in [2.45, 2.75) is 31.7 Å². The number of benzene rings is 1. The molecule has 0 bridgehead atoms. The molecule has 156 valence electrons. The molecule has 1 saturated carbocycles. The number of nitrogens with zero attached hydrogens (tertiary/aromatic N) is 2. The van der Waals surface area contributed by atoms with Crippen molar-refractivity contribution in [3.05, 3.63) is 65.9 Å². The Morgan fingerprint density at radius 1 is 1.17 bits per heavy atom. The van der Waals surface area contributed by atoms with Crippen LogP contribution in [0, 0.1) is 11.7 Å². The number of carbonyl (C=O) groups excluding carboxylic acids is 2. The molecule has 30 heavy (non-hydrogen) atoms. The van der Waals surface area contributed by atoms with E-state index in [2.05, 4.69) is 15.6 Å². The van der Waals surface area contributed by atoms with E-state index in [4.69, 9.17) is 0 Å². The van der Waals surface area contributed by atoms with Gasteiger partial charge in [-0.05, 0) is 43.2 Å². The quantitative estimate of drug-likeness (QED) is 0.603. The first-order chi connectivity index (χ1) is 14.6. The molecule has 2 aromatic heterocycles. The van der Waals surface area contributed by atoms with Gasteiger partial charge >= 0.3 is 0 Å². The number of aromatic nitrogens is 2. The maximum atomic E-state index is 14.3. The number of anilines is 1. The lowest BCUT2D eigenvalue weighted by Crippen LogP contribution is -2.43. The van der Waals surface area contributed by atoms with Gasteiger partial charge in [0.2, 0.25) is 0 Å². The molecule has 2 amide bonds. The lowest BCUT2D eigenvalue weighted by molar-refractivity contribution is 0.0872. The third-order valence-corrected chi connectivity index (χ3v) is 5.59. The van der Waals surface area contributed by atoms with Crippen LogP contribution < -0.4 is 10.6 Å². The van der Waals surface area contributed by atoms with Crippen LogP contribution in [0.25, 0.3) is 5.65 Å². The molecule has 0 spiro atoms. The molecule has 0 aliphatic heterocycles. The Labute approximate surface area is 172 Å². The standard InChI is InChI=1S/C22H23FN4O3/c23-16-9-8-14(21(29)25-17-6-2-1-5-15(17)13-28)11-18(16)26-22(30)19-12-24-20-7-3-4-10-27(19)20/h3-4,7-12,15,17,28H,1-2,5-6,13H2,(H,25,29)(H,26,30)/t15-,17-/m0/s1. The average Bonchev–Trinajstić information content (AvgIpc) is 3.20. The molecule has 7 nitrogen and oxygen atoms in total. The van der Waals surface area contributed by atoms with Crippen LogP contribution in [-0.4, -0.2) is 39.0 Å². The first-order valence-electron chi connectivity index (χ1n) is 10.0. The Hall–Kier alpha value is -3.26. The van der Waals surface area contributed by atoms with Crippen LogP contribution in [0.15, 0.2) is 48.8 Å². The molecular weight excluding hydrogens is 387 g/mol. The number of halogens is 1. The largest absolute Gasteiger partial charge is 0.396 e. The van der Waals surface area contributed by atoms with Gasteiger partial charge in [0, 0.05) is 30.3 Å². The Morgan fingerprint density at radius 2 is 2.00 bits per heavy atom. The van der Waals surface area contributed by atoms with Gasteiger partial charge in [-0.2, -0.15) is 0 Å². The summed E-state index contributed by atoms with van der Waals surface area (Å²) < 4.78 is 15.9. The van der Waals surface area contributed by atoms with Crippen LogP contribution in [0.1, 0.15) is 46.5 Å². The van der Waals surface area contributed by atoms with Crippen molar-refractivity contribution in [1.82, 2.24) is 14.7 Å². The van der Waals surface area contributed by atoms with E-state index in [9.17, 15) is 19.1 Å². The zero-order chi connectivity index (χ0) is 21.1. The number of imidazole rings is 1. The molecule has 2 heterocycles. The Kier molecular flexibility index (Phi) is 5.76. The van der Waals surface area contributed by atoms with Gasteiger partial charge in [0.05, 0.1) is 11.9 Å². The second-order valence-electron chi connectivity index (χ2n) is 7.53. The highest BCUT2D eigenvalue weighted by atomic mass is 19.1. The Bertz CT molecular complexity index is 1080. The first-order valence-corrected chi connectivity index (χ1v) is 10.0. The number of hydrogen-bond acceptors (Lipinski definition) is 4. The van der Waals surface area contributed by atoms with Gasteiger partial charge in [0.15, 0.2) is 0 Å². The lowest BCUT2D eigenvalue weighted by atomic mass is 9.85. The topological polar surface area (TPSA) is 95.7 Å². The maximum absolute atomic E-state index is 14.3. The van der Waals surface area contributed by atoms with E-state index >= 15 is 0 Å². The predicted molar refractivity (Wildman–Crippen MR) is 110 cm³/mol. The van der Waals surface area contributed by atoms with Gasteiger partial charge in [0.25, 0.3) is 11.8 Å². The van der Waals surface area contributed by atoms with Crippen molar-refractivity contribution in [2.75, 3.05) is 11.9 Å². The summed E-state index contributed by atoms with van der Waals surface area (Å²) in [6, 6.07) is 9.07. The SMILES string of the molecule is O=C(N[C@H]1CCCC[C@H]1CO)c1ccc(F)c(NC(=O)c2cnc3ccccn23)c1. The minimum Gasteiger partial charge on any atom is -0.396 e. The van der Waals surface area contributed by atoms with E-state index < -0.39 is 11.7 Å². The lowest BCUT2D eigenvalue weighted by Gasteiger charge is -2.30. The summed E-state index contributed by atoms with van der Waals surface area (Å²) in [5.74, 6) is -1.50. The van der Waals surface area contributed by atoms with Crippen LogP contribution in [0.4, 0.5) is 10.1 Å². The molecule has 1 aliphatic rings. The molecule has 0 saturated heterocycles. The Balaban J connectivity index is 1.51. The number of carbonyl (C=O) groups is 2. The summed E-state index contributed by atoms with van der Waals surface area (Å²) >= 11 is 0. The summed E-state index contributed by atoms with van der Waals surface area (Å²) in [6.45, 7) is 0.0228. The summed E-state index contributed by atoms with van der Waals surface area (Å²) in [5.41, 5.74) is 1.02. The molecule has 1 aromatic carbocycles. The monoisotopic (exact) mass is 410 g/mol. The predicted octanol–water partition coefficient (Wildman–Crippen LogP) is 3.01. The summed E-state index contributed by atoms with van der Waals surface area (Å²) in [5, 5.41) is 15.0. The van der Waals surface area contributed by atoms with Crippen molar-refractivity contribution in [3.63, 3.8) is 0 Å². The fourth-order valence-electron chi connectivity index (χ4n) is 3.92. The fraction of sp³-hybridized carbons (Fsp3) is 0.318. The molecule has 1 fully saturated rings. The number of fused-ring (bicyclic) bond motifs is 1. The van der Waals surface area contributed by atoms with Crippen molar-refractivity contribution < 1.29 is 19.1 Å². The van der Waals surface area contributed by atoms with Crippen LogP contribution in [-0.2, 0) is 0 Å². The van der Waals surface area contributed by atoms with Gasteiger partial charge < -0.3 is 15.7 Å². The maximum Gasteiger partial charge on any atom is 0.274 e. The van der Waals surface area contributed by atoms with Crippen LogP contribution in [0.3, 0.4) is 0 Å². The molecule has 3 N–H and O–H groups in total. The minimum atomic E-state index is -0.639. The van der Waals surface area contributed by atoms with E-state index in [1.807, 2.05) is 0 Å². The van der Waals surface area contributed by atoms with E-state index in [1.54, 1.807) is 28.8 Å². The molecule has 8 heteroatoms. The molecule has 3 aromatic rings. The normalized spacial score (nSPS) is 18.9. The second-order valence-corrected chi connectivity index (χ2v) is 7.53. The molecule has 2 atom stereocenters. The minimum absolute atomic E-state index is 0.0228. The summed E-state index contributed by atoms with van der Waals surface area (Å²) in [4.78, 5) is 29.5. The number of rotatable bonds is 5. The third kappa shape index (κ3) is 4.04. The van der Waals surface area contributed by atoms with E-state index in [-0.39, 0.29) is 41.4 Å². The van der Waals surface area contributed by atoms with Gasteiger partial charge in [-0.1, -0.05) is 18.9 Å². The smallest absolute Gasteiger partial charge is 0.274 e. The zero-order valence-electron chi connectivity index (χ0n) is 16.3. The first kappa shape index (κ1) is 20.0.